The van der Waals surface area contributed by atoms with Gasteiger partial charge in [0.1, 0.15) is 5.75 Å². The lowest BCUT2D eigenvalue weighted by molar-refractivity contribution is -0.127. The molecule has 0 N–H and O–H groups in total. The number of carbonyl (C=O) groups is 1. The van der Waals surface area contributed by atoms with Crippen molar-refractivity contribution in [1.29, 1.82) is 0 Å². The van der Waals surface area contributed by atoms with Crippen LogP contribution in [0.25, 0.3) is 0 Å². The Bertz CT molecular complexity index is 953. The summed E-state index contributed by atoms with van der Waals surface area (Å²) < 4.78 is 10.6. The predicted molar refractivity (Wildman–Crippen MR) is 113 cm³/mol. The number of amides is 1. The van der Waals surface area contributed by atoms with Gasteiger partial charge in [0.15, 0.2) is 5.82 Å². The molecule has 30 heavy (non-hydrogen) atoms. The molecule has 0 bridgehead atoms. The van der Waals surface area contributed by atoms with Crippen LogP contribution < -0.4 is 4.74 Å². The lowest BCUT2D eigenvalue weighted by Gasteiger charge is -2.15. The van der Waals surface area contributed by atoms with Gasteiger partial charge in [-0.2, -0.15) is 4.98 Å². The molecule has 1 atom stereocenters. The van der Waals surface area contributed by atoms with Crippen molar-refractivity contribution in [3.8, 4) is 5.75 Å². The molecule has 2 aromatic carbocycles. The molecular weight excluding hydrogens is 378 g/mol. The van der Waals surface area contributed by atoms with Gasteiger partial charge in [0.2, 0.25) is 11.8 Å². The Morgan fingerprint density at radius 1 is 1.03 bits per heavy atom. The standard InChI is InChI=1S/C24H27N3O3/c1-29-21-12-9-19(10-13-21)11-14-22-25-24(26-30-22)20-16-23(28)27(17-20)15-5-8-18-6-3-2-4-7-18/h2-4,6-7,9-10,12-13,20H,5,8,11,14-17H2,1H3. The van der Waals surface area contributed by atoms with Gasteiger partial charge in [0.05, 0.1) is 7.11 Å². The van der Waals surface area contributed by atoms with Crippen LogP contribution in [0.2, 0.25) is 0 Å². The maximum Gasteiger partial charge on any atom is 0.226 e. The summed E-state index contributed by atoms with van der Waals surface area (Å²) in [6.45, 7) is 1.44. The normalized spacial score (nSPS) is 16.2. The Hall–Kier alpha value is -3.15. The first-order chi connectivity index (χ1) is 14.7. The summed E-state index contributed by atoms with van der Waals surface area (Å²) in [4.78, 5) is 18.9. The SMILES string of the molecule is COc1ccc(CCc2nc(C3CC(=O)N(CCCc4ccccc4)C3)no2)cc1. The molecule has 0 spiro atoms. The zero-order valence-corrected chi connectivity index (χ0v) is 17.3. The fourth-order valence-corrected chi connectivity index (χ4v) is 3.86. The second-order valence-corrected chi connectivity index (χ2v) is 7.72. The summed E-state index contributed by atoms with van der Waals surface area (Å²) >= 11 is 0. The Morgan fingerprint density at radius 2 is 1.80 bits per heavy atom. The minimum absolute atomic E-state index is 0.0210. The van der Waals surface area contributed by atoms with E-state index in [-0.39, 0.29) is 11.8 Å². The van der Waals surface area contributed by atoms with Gasteiger partial charge in [0.25, 0.3) is 0 Å². The quantitative estimate of drug-likeness (QED) is 0.541. The largest absolute Gasteiger partial charge is 0.497 e. The van der Waals surface area contributed by atoms with Crippen LogP contribution in [-0.2, 0) is 24.1 Å². The summed E-state index contributed by atoms with van der Waals surface area (Å²) in [5.41, 5.74) is 2.50. The fraction of sp³-hybridized carbons (Fsp3) is 0.375. The molecule has 1 unspecified atom stereocenters. The van der Waals surface area contributed by atoms with Gasteiger partial charge in [-0.1, -0.05) is 47.6 Å². The van der Waals surface area contributed by atoms with Crippen molar-refractivity contribution in [3.05, 3.63) is 77.4 Å². The van der Waals surface area contributed by atoms with Gasteiger partial charge < -0.3 is 14.2 Å². The molecule has 1 amide bonds. The van der Waals surface area contributed by atoms with Crippen molar-refractivity contribution in [2.24, 2.45) is 0 Å². The molecule has 1 aromatic heterocycles. The van der Waals surface area contributed by atoms with Crippen molar-refractivity contribution in [1.82, 2.24) is 15.0 Å². The van der Waals surface area contributed by atoms with E-state index >= 15 is 0 Å². The first kappa shape index (κ1) is 20.1. The molecule has 6 heteroatoms. The Balaban J connectivity index is 1.26. The number of likely N-dealkylation sites (tertiary alicyclic amines) is 1. The molecular formula is C24H27N3O3. The number of benzene rings is 2. The highest BCUT2D eigenvalue weighted by Gasteiger charge is 2.33. The average Bonchev–Trinajstić information content (AvgIpc) is 3.40. The molecule has 6 nitrogen and oxygen atoms in total. The van der Waals surface area contributed by atoms with E-state index in [9.17, 15) is 4.79 Å². The Kier molecular flexibility index (Phi) is 6.42. The first-order valence-electron chi connectivity index (χ1n) is 10.5. The molecule has 1 aliphatic heterocycles. The van der Waals surface area contributed by atoms with Gasteiger partial charge in [-0.05, 0) is 42.5 Å². The molecule has 1 saturated heterocycles. The molecule has 0 saturated carbocycles. The third-order valence-electron chi connectivity index (χ3n) is 5.59. The van der Waals surface area contributed by atoms with Crippen LogP contribution in [0.1, 0.15) is 41.6 Å². The number of ether oxygens (including phenoxy) is 1. The van der Waals surface area contributed by atoms with Gasteiger partial charge >= 0.3 is 0 Å². The van der Waals surface area contributed by atoms with E-state index in [0.29, 0.717) is 31.1 Å². The zero-order valence-electron chi connectivity index (χ0n) is 17.3. The number of carbonyl (C=O) groups excluding carboxylic acids is 1. The van der Waals surface area contributed by atoms with Crippen molar-refractivity contribution < 1.29 is 14.1 Å². The fourth-order valence-electron chi connectivity index (χ4n) is 3.86. The molecule has 2 heterocycles. The van der Waals surface area contributed by atoms with Crippen molar-refractivity contribution in [2.45, 2.75) is 38.0 Å². The highest BCUT2D eigenvalue weighted by atomic mass is 16.5. The zero-order chi connectivity index (χ0) is 20.8. The van der Waals surface area contributed by atoms with E-state index in [1.54, 1.807) is 7.11 Å². The predicted octanol–water partition coefficient (Wildman–Crippen LogP) is 3.81. The van der Waals surface area contributed by atoms with Crippen LogP contribution >= 0.6 is 0 Å². The van der Waals surface area contributed by atoms with Gasteiger partial charge in [-0.15, -0.1) is 0 Å². The lowest BCUT2D eigenvalue weighted by Crippen LogP contribution is -2.26. The molecule has 0 aliphatic carbocycles. The van der Waals surface area contributed by atoms with E-state index in [0.717, 1.165) is 31.6 Å². The second kappa shape index (κ2) is 9.57. The van der Waals surface area contributed by atoms with E-state index in [4.69, 9.17) is 9.26 Å². The van der Waals surface area contributed by atoms with E-state index in [2.05, 4.69) is 34.4 Å². The highest BCUT2D eigenvalue weighted by molar-refractivity contribution is 5.79. The van der Waals surface area contributed by atoms with E-state index in [1.807, 2.05) is 35.2 Å². The van der Waals surface area contributed by atoms with Gasteiger partial charge in [-0.25, -0.2) is 0 Å². The van der Waals surface area contributed by atoms with Crippen LogP contribution in [0, 0.1) is 0 Å². The van der Waals surface area contributed by atoms with Crippen LogP contribution in [0.4, 0.5) is 0 Å². The third kappa shape index (κ3) is 5.06. The van der Waals surface area contributed by atoms with E-state index in [1.165, 1.54) is 11.1 Å². The maximum absolute atomic E-state index is 12.4. The molecule has 0 radical (unpaired) electrons. The monoisotopic (exact) mass is 405 g/mol. The molecule has 4 rings (SSSR count). The van der Waals surface area contributed by atoms with Crippen LogP contribution in [0.5, 0.6) is 5.75 Å². The van der Waals surface area contributed by atoms with Crippen LogP contribution in [-0.4, -0.2) is 41.1 Å². The highest BCUT2D eigenvalue weighted by Crippen LogP contribution is 2.26. The molecule has 156 valence electrons. The number of hydrogen-bond acceptors (Lipinski definition) is 5. The number of nitrogens with zero attached hydrogens (tertiary/aromatic N) is 3. The van der Waals surface area contributed by atoms with E-state index < -0.39 is 0 Å². The number of aromatic nitrogens is 2. The summed E-state index contributed by atoms with van der Waals surface area (Å²) in [5, 5.41) is 4.15. The first-order valence-corrected chi connectivity index (χ1v) is 10.5. The average molecular weight is 405 g/mol. The summed E-state index contributed by atoms with van der Waals surface area (Å²) in [7, 11) is 1.66. The van der Waals surface area contributed by atoms with Crippen molar-refractivity contribution in [3.63, 3.8) is 0 Å². The number of aryl methyl sites for hydroxylation is 3. The second-order valence-electron chi connectivity index (χ2n) is 7.72. The van der Waals surface area contributed by atoms with Crippen molar-refractivity contribution >= 4 is 5.91 Å². The van der Waals surface area contributed by atoms with Crippen LogP contribution in [0.15, 0.2) is 59.1 Å². The Labute approximate surface area is 176 Å². The summed E-state index contributed by atoms with van der Waals surface area (Å²) in [6, 6.07) is 18.4. The third-order valence-corrected chi connectivity index (χ3v) is 5.59. The molecule has 1 fully saturated rings. The van der Waals surface area contributed by atoms with Gasteiger partial charge in [0, 0.05) is 31.8 Å². The minimum Gasteiger partial charge on any atom is -0.497 e. The number of rotatable bonds is 9. The molecule has 1 aliphatic rings. The minimum atomic E-state index is 0.0210. The molecule has 3 aromatic rings. The topological polar surface area (TPSA) is 68.5 Å². The Morgan fingerprint density at radius 3 is 2.57 bits per heavy atom. The lowest BCUT2D eigenvalue weighted by atomic mass is 10.1. The number of hydrogen-bond donors (Lipinski definition) is 0. The van der Waals surface area contributed by atoms with Crippen molar-refractivity contribution in [2.75, 3.05) is 20.2 Å². The summed E-state index contributed by atoms with van der Waals surface area (Å²) in [6.07, 6.45) is 3.90. The van der Waals surface area contributed by atoms with Gasteiger partial charge in [-0.3, -0.25) is 4.79 Å². The van der Waals surface area contributed by atoms with Crippen LogP contribution in [0.3, 0.4) is 0 Å². The maximum atomic E-state index is 12.4. The number of methoxy groups -OCH3 is 1. The summed E-state index contributed by atoms with van der Waals surface area (Å²) in [5.74, 6) is 2.32. The smallest absolute Gasteiger partial charge is 0.226 e.